The summed E-state index contributed by atoms with van der Waals surface area (Å²) < 4.78 is 9.14. The number of para-hydroxylation sites is 2. The van der Waals surface area contributed by atoms with Crippen molar-refractivity contribution in [3.63, 3.8) is 0 Å². The summed E-state index contributed by atoms with van der Waals surface area (Å²) in [6.07, 6.45) is 7.82. The number of aryl methyl sites for hydroxylation is 1. The summed E-state index contributed by atoms with van der Waals surface area (Å²) in [6, 6.07) is 65.4. The SMILES string of the molecule is CC(C)c1cc(-c2ccc(C(C)(C)C)cc2)cc(C(C)C)c1-n1c(-c2[c-]ccc3c2oc2cc(-c4ccccc4)ccc23)nc2ccccc21.[Ir].[c-]1ccccc1-c1cc2c(cn1)[Si]1(CCCC1)CCC2. The number of hydrogen-bond donors (Lipinski definition) is 0. The number of pyridine rings is 1. The first-order valence-electron chi connectivity index (χ1n) is 25.6. The topological polar surface area (TPSA) is 43.9 Å². The molecule has 1 saturated heterocycles. The van der Waals surface area contributed by atoms with Crippen molar-refractivity contribution in [2.45, 2.75) is 110 Å². The Labute approximate surface area is 435 Å². The predicted molar refractivity (Wildman–Crippen MR) is 296 cm³/mol. The molecule has 2 aliphatic rings. The third kappa shape index (κ3) is 9.20. The first-order valence-corrected chi connectivity index (χ1v) is 28.2. The number of rotatable bonds is 7. The zero-order valence-corrected chi connectivity index (χ0v) is 45.6. The smallest absolute Gasteiger partial charge is 0.121 e. The summed E-state index contributed by atoms with van der Waals surface area (Å²) in [4.78, 5) is 10.1. The molecule has 0 saturated carbocycles. The van der Waals surface area contributed by atoms with E-state index in [1.165, 1.54) is 82.9 Å². The van der Waals surface area contributed by atoms with Crippen LogP contribution in [0.5, 0.6) is 0 Å². The third-order valence-corrected chi connectivity index (χ3v) is 20.8. The van der Waals surface area contributed by atoms with Crippen LogP contribution >= 0.6 is 0 Å². The summed E-state index contributed by atoms with van der Waals surface area (Å²) >= 11 is 0. The van der Waals surface area contributed by atoms with E-state index in [0.717, 1.165) is 61.2 Å². The van der Waals surface area contributed by atoms with E-state index in [-0.39, 0.29) is 37.4 Å². The largest absolute Gasteiger partial charge is 0.501 e. The van der Waals surface area contributed by atoms with E-state index in [1.807, 2.05) is 24.3 Å². The van der Waals surface area contributed by atoms with Crippen molar-refractivity contribution < 1.29 is 24.5 Å². The molecule has 0 N–H and O–H groups in total. The van der Waals surface area contributed by atoms with Crippen LogP contribution in [0.1, 0.15) is 102 Å². The van der Waals surface area contributed by atoms with Gasteiger partial charge in [0.1, 0.15) is 5.58 Å². The van der Waals surface area contributed by atoms with Crippen molar-refractivity contribution in [2.24, 2.45) is 0 Å². The minimum Gasteiger partial charge on any atom is -0.501 e. The zero-order valence-electron chi connectivity index (χ0n) is 42.2. The Morgan fingerprint density at radius 1 is 0.634 bits per heavy atom. The third-order valence-electron chi connectivity index (χ3n) is 15.3. The number of furan rings is 1. The predicted octanol–water partition coefficient (Wildman–Crippen LogP) is 17.2. The average molecular weight is 1120 g/mol. The second-order valence-corrected chi connectivity index (χ2v) is 26.1. The Bertz CT molecular complexity index is 3470. The second-order valence-electron chi connectivity index (χ2n) is 21.5. The van der Waals surface area contributed by atoms with Crippen LogP contribution in [0, 0.1) is 12.1 Å². The zero-order chi connectivity index (χ0) is 48.1. The molecule has 6 heteroatoms. The van der Waals surface area contributed by atoms with E-state index in [1.54, 1.807) is 10.8 Å². The molecule has 0 bridgehead atoms. The minimum absolute atomic E-state index is 0. The van der Waals surface area contributed by atoms with Gasteiger partial charge in [-0.2, -0.15) is 0 Å². The van der Waals surface area contributed by atoms with Gasteiger partial charge in [-0.1, -0.05) is 187 Å². The molecule has 1 spiro atoms. The Balaban J connectivity index is 0.000000230. The van der Waals surface area contributed by atoms with Crippen LogP contribution in [0.4, 0.5) is 0 Å². The molecule has 5 heterocycles. The van der Waals surface area contributed by atoms with Gasteiger partial charge in [0.05, 0.1) is 30.5 Å². The van der Waals surface area contributed by atoms with E-state index in [0.29, 0.717) is 0 Å². The molecule has 12 rings (SSSR count). The maximum Gasteiger partial charge on any atom is 0.121 e. The molecule has 0 amide bonds. The Morgan fingerprint density at radius 3 is 2.01 bits per heavy atom. The van der Waals surface area contributed by atoms with Crippen LogP contribution in [0.3, 0.4) is 0 Å². The van der Waals surface area contributed by atoms with Gasteiger partial charge >= 0.3 is 0 Å². The molecule has 359 valence electrons. The Kier molecular flexibility index (Phi) is 13.5. The fourth-order valence-electron chi connectivity index (χ4n) is 11.5. The molecule has 2 aliphatic heterocycles. The van der Waals surface area contributed by atoms with Crippen molar-refractivity contribution in [3.8, 4) is 50.6 Å². The molecule has 4 nitrogen and oxygen atoms in total. The van der Waals surface area contributed by atoms with Gasteiger partial charge < -0.3 is 14.0 Å². The van der Waals surface area contributed by atoms with Gasteiger partial charge in [0, 0.05) is 37.4 Å². The standard InChI is InChI=1S/C47H43N2O.C18H20NSi.Ir/c1-29(2)39-26-34(32-20-23-35(24-21-32)47(5,6)7)27-40(30(3)4)44(39)49-42-19-12-11-18-41(42)48-46(49)38-17-13-16-37-36-25-22-33(28-43(36)50-45(37)38)31-14-9-8-10-15-31;1-2-7-15(8-3-1)17-13-16-9-6-12-20(10-4-5-11-20)18(16)14-19-17;/h8-16,18-30H,1-7H3;1-3,7,13-14H,4-6,9-12H2;/q2*-1;. The van der Waals surface area contributed by atoms with Crippen LogP contribution in [-0.4, -0.2) is 22.6 Å². The number of aromatic nitrogens is 3. The molecular formula is C65H63IrN3OSi-2. The van der Waals surface area contributed by atoms with Gasteiger partial charge in [-0.15, -0.1) is 54.1 Å². The van der Waals surface area contributed by atoms with E-state index < -0.39 is 8.07 Å². The van der Waals surface area contributed by atoms with E-state index in [9.17, 15) is 0 Å². The molecule has 1 fully saturated rings. The van der Waals surface area contributed by atoms with Gasteiger partial charge in [0.25, 0.3) is 0 Å². The number of hydrogen-bond acceptors (Lipinski definition) is 3. The van der Waals surface area contributed by atoms with Crippen LogP contribution in [-0.2, 0) is 31.9 Å². The Morgan fingerprint density at radius 2 is 1.31 bits per heavy atom. The average Bonchev–Trinajstić information content (AvgIpc) is 4.12. The van der Waals surface area contributed by atoms with Gasteiger partial charge in [-0.25, -0.2) is 0 Å². The van der Waals surface area contributed by atoms with Crippen molar-refractivity contribution in [2.75, 3.05) is 0 Å². The van der Waals surface area contributed by atoms with Crippen LogP contribution in [0.2, 0.25) is 18.1 Å². The summed E-state index contributed by atoms with van der Waals surface area (Å²) in [6.45, 7) is 16.0. The normalized spacial score (nSPS) is 14.3. The maximum atomic E-state index is 6.77. The first-order chi connectivity index (χ1) is 34.0. The second kappa shape index (κ2) is 19.8. The molecule has 71 heavy (non-hydrogen) atoms. The van der Waals surface area contributed by atoms with E-state index in [4.69, 9.17) is 14.4 Å². The minimum atomic E-state index is -1.14. The van der Waals surface area contributed by atoms with Crippen LogP contribution < -0.4 is 5.19 Å². The van der Waals surface area contributed by atoms with Gasteiger partial charge in [0.2, 0.25) is 0 Å². The fourth-order valence-corrected chi connectivity index (χ4v) is 17.0. The maximum absolute atomic E-state index is 6.77. The van der Waals surface area contributed by atoms with Crippen molar-refractivity contribution in [1.82, 2.24) is 14.5 Å². The van der Waals surface area contributed by atoms with E-state index >= 15 is 0 Å². The molecule has 7 aromatic carbocycles. The number of benzene rings is 7. The molecule has 1 radical (unpaired) electrons. The first kappa shape index (κ1) is 48.5. The monoisotopic (exact) mass is 1120 g/mol. The van der Waals surface area contributed by atoms with Gasteiger partial charge in [0.15, 0.2) is 0 Å². The summed E-state index contributed by atoms with van der Waals surface area (Å²) in [5.74, 6) is 1.38. The van der Waals surface area contributed by atoms with Crippen molar-refractivity contribution in [3.05, 3.63) is 192 Å². The fraction of sp³-hybridized carbons (Fsp3) is 0.262. The van der Waals surface area contributed by atoms with Crippen LogP contribution in [0.15, 0.2) is 162 Å². The molecule has 3 aromatic heterocycles. The molecule has 10 aromatic rings. The van der Waals surface area contributed by atoms with Crippen LogP contribution in [0.25, 0.3) is 83.6 Å². The summed E-state index contributed by atoms with van der Waals surface area (Å²) in [5, 5.41) is 3.85. The number of imidazole rings is 1. The quantitative estimate of drug-likeness (QED) is 0.118. The van der Waals surface area contributed by atoms with Gasteiger partial charge in [-0.05, 0) is 104 Å². The number of nitrogens with zero attached hydrogens (tertiary/aromatic N) is 3. The number of fused-ring (bicyclic) bond motifs is 6. The molecule has 0 aliphatic carbocycles. The summed E-state index contributed by atoms with van der Waals surface area (Å²) in [5.41, 5.74) is 18.4. The molecule has 0 atom stereocenters. The molecule has 0 unspecified atom stereocenters. The van der Waals surface area contributed by atoms with Gasteiger partial charge in [-0.3, -0.25) is 4.98 Å². The van der Waals surface area contributed by atoms with Crippen molar-refractivity contribution in [1.29, 1.82) is 0 Å². The molecular weight excluding hydrogens is 1060 g/mol. The van der Waals surface area contributed by atoms with E-state index in [2.05, 4.69) is 199 Å². The Hall–Kier alpha value is -6.17. The summed E-state index contributed by atoms with van der Waals surface area (Å²) in [7, 11) is -1.14. The van der Waals surface area contributed by atoms with Crippen molar-refractivity contribution >= 4 is 46.2 Å².